The molecule has 0 atom stereocenters. The van der Waals surface area contributed by atoms with E-state index in [1.807, 2.05) is 64.1 Å². The highest BCUT2D eigenvalue weighted by molar-refractivity contribution is 5.78. The van der Waals surface area contributed by atoms with Gasteiger partial charge < -0.3 is 14.4 Å². The molecule has 1 saturated heterocycles. The zero-order chi connectivity index (χ0) is 27.8. The fourth-order valence-electron chi connectivity index (χ4n) is 4.83. The number of hydrogen-bond donors (Lipinski definition) is 0. The van der Waals surface area contributed by atoms with Crippen LogP contribution < -0.4 is 0 Å². The van der Waals surface area contributed by atoms with Crippen molar-refractivity contribution in [2.45, 2.75) is 111 Å². The van der Waals surface area contributed by atoms with Crippen LogP contribution in [0.25, 0.3) is 11.1 Å². The van der Waals surface area contributed by atoms with Crippen molar-refractivity contribution in [3.05, 3.63) is 60.2 Å². The highest BCUT2D eigenvalue weighted by Crippen LogP contribution is 2.24. The Morgan fingerprint density at radius 2 is 1.34 bits per heavy atom. The number of ether oxygens (including phenoxy) is 1. The monoisotopic (exact) mass is 523 g/mol. The third-order valence-corrected chi connectivity index (χ3v) is 6.82. The van der Waals surface area contributed by atoms with Gasteiger partial charge in [0.15, 0.2) is 0 Å². The number of nitrogens with zero attached hydrogens (tertiary/aromatic N) is 1. The van der Waals surface area contributed by atoms with Crippen LogP contribution in [0.15, 0.2) is 54.6 Å². The molecule has 0 aliphatic carbocycles. The van der Waals surface area contributed by atoms with E-state index in [4.69, 9.17) is 4.74 Å². The zero-order valence-corrected chi connectivity index (χ0v) is 24.6. The van der Waals surface area contributed by atoms with E-state index in [-0.39, 0.29) is 12.1 Å². The molecular weight excluding hydrogens is 470 g/mol. The second kappa shape index (κ2) is 22.5. The largest absolute Gasteiger partial charge is 0.462 e. The van der Waals surface area contributed by atoms with Gasteiger partial charge in [-0.05, 0) is 48.9 Å². The van der Waals surface area contributed by atoms with Crippen molar-refractivity contribution in [2.24, 2.45) is 0 Å². The fraction of sp³-hybridized carbons (Fsp3) is 0.588. The molecule has 0 bridgehead atoms. The minimum absolute atomic E-state index is 0.0480. The maximum Gasteiger partial charge on any atom is 0.310 e. The number of rotatable bonds is 15. The second-order valence-corrected chi connectivity index (χ2v) is 9.51. The summed E-state index contributed by atoms with van der Waals surface area (Å²) >= 11 is 0. The topological polar surface area (TPSA) is 46.6 Å². The van der Waals surface area contributed by atoms with Gasteiger partial charge in [-0.15, -0.1) is 0 Å². The van der Waals surface area contributed by atoms with Gasteiger partial charge in [0.05, 0.1) is 6.42 Å². The predicted octanol–water partition coefficient (Wildman–Crippen LogP) is 8.67. The smallest absolute Gasteiger partial charge is 0.310 e. The molecule has 0 spiro atoms. The van der Waals surface area contributed by atoms with E-state index >= 15 is 0 Å². The molecular formula is C34H53NO3. The van der Waals surface area contributed by atoms with Crippen molar-refractivity contribution in [1.82, 2.24) is 4.90 Å². The molecule has 1 aliphatic heterocycles. The van der Waals surface area contributed by atoms with Crippen LogP contribution in [-0.4, -0.2) is 42.9 Å². The Labute approximate surface area is 233 Å². The van der Waals surface area contributed by atoms with Crippen LogP contribution in [0.1, 0.15) is 104 Å². The third-order valence-electron chi connectivity index (χ3n) is 6.82. The van der Waals surface area contributed by atoms with Crippen LogP contribution in [0.3, 0.4) is 0 Å². The molecule has 4 heteroatoms. The van der Waals surface area contributed by atoms with Gasteiger partial charge in [-0.1, -0.05) is 121 Å². The lowest BCUT2D eigenvalue weighted by Crippen LogP contribution is -2.38. The third kappa shape index (κ3) is 13.9. The summed E-state index contributed by atoms with van der Waals surface area (Å²) in [6, 6.07) is 18.3. The summed E-state index contributed by atoms with van der Waals surface area (Å²) in [4.78, 5) is 25.5. The van der Waals surface area contributed by atoms with Crippen molar-refractivity contribution in [2.75, 3.05) is 19.6 Å². The summed E-state index contributed by atoms with van der Waals surface area (Å²) in [7, 11) is 0. The van der Waals surface area contributed by atoms with Crippen molar-refractivity contribution >= 4 is 12.3 Å². The minimum atomic E-state index is -0.118. The summed E-state index contributed by atoms with van der Waals surface area (Å²) in [5, 5.41) is 0. The molecule has 4 nitrogen and oxygen atoms in total. The number of benzene rings is 2. The summed E-state index contributed by atoms with van der Waals surface area (Å²) in [5.41, 5.74) is 3.26. The van der Waals surface area contributed by atoms with E-state index in [1.165, 1.54) is 44.9 Å². The maximum atomic E-state index is 12.7. The van der Waals surface area contributed by atoms with Gasteiger partial charge in [0.1, 0.15) is 12.4 Å². The summed E-state index contributed by atoms with van der Waals surface area (Å²) in [6.07, 6.45) is 14.0. The van der Waals surface area contributed by atoms with Crippen molar-refractivity contribution in [3.63, 3.8) is 0 Å². The Balaban J connectivity index is 0.00000172. The molecule has 0 N–H and O–H groups in total. The van der Waals surface area contributed by atoms with E-state index < -0.39 is 0 Å². The van der Waals surface area contributed by atoms with Crippen LogP contribution in [0.4, 0.5) is 0 Å². The van der Waals surface area contributed by atoms with Gasteiger partial charge in [0.25, 0.3) is 0 Å². The first kappa shape index (κ1) is 33.6. The molecule has 38 heavy (non-hydrogen) atoms. The summed E-state index contributed by atoms with van der Waals surface area (Å²) < 4.78 is 5.85. The fourth-order valence-corrected chi connectivity index (χ4v) is 4.83. The summed E-state index contributed by atoms with van der Waals surface area (Å²) in [6.45, 7) is 11.2. The number of likely N-dealkylation sites (tertiary alicyclic amines) is 1. The molecule has 1 fully saturated rings. The highest BCUT2D eigenvalue weighted by Gasteiger charge is 2.22. The maximum absolute atomic E-state index is 12.7. The number of piperidine rings is 1. The second-order valence-electron chi connectivity index (χ2n) is 9.51. The molecule has 212 valence electrons. The van der Waals surface area contributed by atoms with Crippen LogP contribution in [0, 0.1) is 0 Å². The SMILES string of the molecule is CC.CC.O=CCCCCCCCCCCN1CCC(OC(=O)Cc2ccccc2-c2ccccc2)CC1. The molecule has 0 radical (unpaired) electrons. The normalized spacial score (nSPS) is 13.5. The minimum Gasteiger partial charge on any atom is -0.462 e. The standard InChI is InChI=1S/C30H41NO3.2C2H6/c32-24-14-7-5-3-1-2-4-6-13-21-31-22-19-28(20-23-31)34-30(33)25-27-17-11-12-18-29(27)26-15-9-8-10-16-26;2*1-2/h8-12,15-18,24,28H,1-7,13-14,19-23,25H2;2*1-2H3. The molecule has 0 saturated carbocycles. The van der Waals surface area contributed by atoms with E-state index in [1.54, 1.807) is 0 Å². The van der Waals surface area contributed by atoms with Gasteiger partial charge in [0, 0.05) is 19.5 Å². The predicted molar refractivity (Wildman–Crippen MR) is 161 cm³/mol. The number of aldehydes is 1. The average molecular weight is 524 g/mol. The van der Waals surface area contributed by atoms with Crippen molar-refractivity contribution < 1.29 is 14.3 Å². The first-order chi connectivity index (χ1) is 18.8. The lowest BCUT2D eigenvalue weighted by atomic mass is 9.98. The van der Waals surface area contributed by atoms with Crippen LogP contribution in [0.2, 0.25) is 0 Å². The van der Waals surface area contributed by atoms with Crippen molar-refractivity contribution in [3.8, 4) is 11.1 Å². The molecule has 1 heterocycles. The van der Waals surface area contributed by atoms with Crippen LogP contribution in [0.5, 0.6) is 0 Å². The number of hydrogen-bond acceptors (Lipinski definition) is 4. The van der Waals surface area contributed by atoms with E-state index in [2.05, 4.69) is 23.1 Å². The molecule has 0 amide bonds. The average Bonchev–Trinajstić information content (AvgIpc) is 2.98. The first-order valence-corrected chi connectivity index (χ1v) is 15.2. The lowest BCUT2D eigenvalue weighted by Gasteiger charge is -2.31. The Kier molecular flexibility index (Phi) is 19.9. The number of carbonyl (C=O) groups is 2. The van der Waals surface area contributed by atoms with Gasteiger partial charge in [0.2, 0.25) is 0 Å². The van der Waals surface area contributed by atoms with E-state index in [9.17, 15) is 9.59 Å². The molecule has 1 aliphatic rings. The van der Waals surface area contributed by atoms with Gasteiger partial charge >= 0.3 is 5.97 Å². The van der Waals surface area contributed by atoms with Crippen molar-refractivity contribution in [1.29, 1.82) is 0 Å². The van der Waals surface area contributed by atoms with Gasteiger partial charge in [-0.3, -0.25) is 4.79 Å². The molecule has 0 unspecified atom stereocenters. The van der Waals surface area contributed by atoms with Crippen LogP contribution in [-0.2, 0) is 20.7 Å². The van der Waals surface area contributed by atoms with E-state index in [0.29, 0.717) is 6.42 Å². The molecule has 3 rings (SSSR count). The van der Waals surface area contributed by atoms with Gasteiger partial charge in [-0.2, -0.15) is 0 Å². The number of esters is 1. The Bertz CT molecular complexity index is 844. The number of unbranched alkanes of at least 4 members (excludes halogenated alkanes) is 8. The summed E-state index contributed by atoms with van der Waals surface area (Å²) in [5.74, 6) is -0.118. The Morgan fingerprint density at radius 1 is 0.789 bits per heavy atom. The zero-order valence-electron chi connectivity index (χ0n) is 24.6. The van der Waals surface area contributed by atoms with E-state index in [0.717, 1.165) is 68.3 Å². The van der Waals surface area contributed by atoms with Gasteiger partial charge in [-0.25, -0.2) is 0 Å². The molecule has 2 aromatic rings. The molecule has 0 aromatic heterocycles. The Morgan fingerprint density at radius 3 is 1.97 bits per heavy atom. The lowest BCUT2D eigenvalue weighted by molar-refractivity contribution is -0.150. The Hall–Kier alpha value is -2.46. The molecule has 2 aromatic carbocycles. The first-order valence-electron chi connectivity index (χ1n) is 15.2. The highest BCUT2D eigenvalue weighted by atomic mass is 16.5. The number of carbonyl (C=O) groups excluding carboxylic acids is 2. The van der Waals surface area contributed by atoms with Crippen LogP contribution >= 0.6 is 0 Å². The quantitative estimate of drug-likeness (QED) is 0.133.